The molecule has 5 heteroatoms. The number of rotatable bonds is 5. The molecule has 3 saturated carbocycles. The lowest BCUT2D eigenvalue weighted by Crippen LogP contribution is -2.59. The topological polar surface area (TPSA) is 72.8 Å². The molecule has 4 aliphatic carbocycles. The van der Waals surface area contributed by atoms with Crippen LogP contribution in [0, 0.1) is 28.6 Å². The van der Waals surface area contributed by atoms with E-state index in [1.807, 2.05) is 6.08 Å². The smallest absolute Gasteiger partial charge is 0.190 e. The zero-order valence-electron chi connectivity index (χ0n) is 17.5. The van der Waals surface area contributed by atoms with Crippen molar-refractivity contribution in [2.45, 2.75) is 70.8 Å². The van der Waals surface area contributed by atoms with Crippen molar-refractivity contribution in [3.05, 3.63) is 11.6 Å². The number of hydrogen-bond donors (Lipinski definition) is 1. The second kappa shape index (κ2) is 7.03. The fourth-order valence-corrected chi connectivity index (χ4v) is 7.62. The first kappa shape index (κ1) is 20.2. The van der Waals surface area contributed by atoms with Gasteiger partial charge in [-0.15, -0.1) is 0 Å². The summed E-state index contributed by atoms with van der Waals surface area (Å²) in [6.45, 7) is 4.18. The van der Waals surface area contributed by atoms with Crippen LogP contribution in [0.3, 0.4) is 0 Å². The molecule has 0 aromatic carbocycles. The number of hydrogen-bond acceptors (Lipinski definition) is 5. The van der Waals surface area contributed by atoms with Gasteiger partial charge in [-0.25, -0.2) is 0 Å². The van der Waals surface area contributed by atoms with Crippen LogP contribution >= 0.6 is 0 Å². The lowest BCUT2D eigenvalue weighted by atomic mass is 9.46. The predicted octanol–water partition coefficient (Wildman–Crippen LogP) is 3.44. The summed E-state index contributed by atoms with van der Waals surface area (Å²) in [5.74, 6) is 1.62. The van der Waals surface area contributed by atoms with Crippen LogP contribution < -0.4 is 0 Å². The van der Waals surface area contributed by atoms with Gasteiger partial charge >= 0.3 is 0 Å². The van der Waals surface area contributed by atoms with E-state index < -0.39 is 12.2 Å². The van der Waals surface area contributed by atoms with Crippen LogP contribution in [0.5, 0.6) is 0 Å². The summed E-state index contributed by atoms with van der Waals surface area (Å²) in [6, 6.07) is 0. The summed E-state index contributed by atoms with van der Waals surface area (Å²) in [5.41, 5.74) is 0.277. The molecule has 3 fully saturated rings. The minimum Gasteiger partial charge on any atom is -0.388 e. The number of aliphatic hydroxyl groups is 1. The molecule has 1 N–H and O–H groups in total. The maximum atomic E-state index is 12.9. The normalized spacial score (nSPS) is 45.1. The van der Waals surface area contributed by atoms with Crippen LogP contribution in [-0.2, 0) is 19.1 Å². The van der Waals surface area contributed by atoms with Crippen molar-refractivity contribution in [3.63, 3.8) is 0 Å². The molecular formula is C23H34O5. The van der Waals surface area contributed by atoms with E-state index in [9.17, 15) is 14.7 Å². The highest BCUT2D eigenvalue weighted by Gasteiger charge is 2.67. The third-order valence-corrected chi connectivity index (χ3v) is 9.10. The number of fused-ring (bicyclic) bond motifs is 5. The van der Waals surface area contributed by atoms with Crippen LogP contribution in [0.2, 0.25) is 0 Å². The average Bonchev–Trinajstić information content (AvgIpc) is 2.99. The minimum atomic E-state index is -0.938. The van der Waals surface area contributed by atoms with Gasteiger partial charge in [0.2, 0.25) is 0 Å². The van der Waals surface area contributed by atoms with Crippen LogP contribution in [-0.4, -0.2) is 42.8 Å². The molecular weight excluding hydrogens is 356 g/mol. The molecule has 0 radical (unpaired) electrons. The summed E-state index contributed by atoms with van der Waals surface area (Å²) in [7, 11) is 1.57. The molecule has 5 nitrogen and oxygen atoms in total. The molecule has 4 rings (SSSR count). The monoisotopic (exact) mass is 390 g/mol. The standard InChI is InChI=1S/C23H34O5/c1-21-9-6-16(25)12-15(21)4-5-17-18(21)7-10-22(2)19(17)8-11-23(22,20(26)13-24)28-14-27-3/h12,17-19,24H,4-11,13-14H2,1-3H3/t17-,18+,19+,21+,22+,23+/m1/s1. The van der Waals surface area contributed by atoms with Crippen LogP contribution in [0.1, 0.15) is 65.2 Å². The third kappa shape index (κ3) is 2.62. The lowest BCUT2D eigenvalue weighted by Gasteiger charge is -2.59. The average molecular weight is 391 g/mol. The lowest BCUT2D eigenvalue weighted by molar-refractivity contribution is -0.203. The van der Waals surface area contributed by atoms with Crippen molar-refractivity contribution in [2.24, 2.45) is 28.6 Å². The van der Waals surface area contributed by atoms with Gasteiger partial charge in [0, 0.05) is 18.9 Å². The van der Waals surface area contributed by atoms with Gasteiger partial charge in [-0.2, -0.15) is 0 Å². The van der Waals surface area contributed by atoms with Crippen molar-refractivity contribution in [1.29, 1.82) is 0 Å². The second-order valence-electron chi connectivity index (χ2n) is 9.92. The van der Waals surface area contributed by atoms with Crippen LogP contribution in [0.4, 0.5) is 0 Å². The maximum absolute atomic E-state index is 12.9. The number of allylic oxidation sites excluding steroid dienone is 1. The molecule has 0 aliphatic heterocycles. The van der Waals surface area contributed by atoms with Gasteiger partial charge in [0.1, 0.15) is 19.0 Å². The van der Waals surface area contributed by atoms with Gasteiger partial charge in [-0.05, 0) is 74.2 Å². The van der Waals surface area contributed by atoms with E-state index in [4.69, 9.17) is 9.47 Å². The number of aliphatic hydroxyl groups excluding tert-OH is 1. The first-order valence-electron chi connectivity index (χ1n) is 10.8. The Morgan fingerprint density at radius 3 is 2.61 bits per heavy atom. The van der Waals surface area contributed by atoms with Crippen molar-refractivity contribution in [1.82, 2.24) is 0 Å². The zero-order valence-corrected chi connectivity index (χ0v) is 17.5. The van der Waals surface area contributed by atoms with Crippen LogP contribution in [0.15, 0.2) is 11.6 Å². The molecule has 4 aliphatic rings. The Morgan fingerprint density at radius 2 is 1.89 bits per heavy atom. The number of methoxy groups -OCH3 is 1. The fraction of sp³-hybridized carbons (Fsp3) is 0.826. The molecule has 28 heavy (non-hydrogen) atoms. The first-order chi connectivity index (χ1) is 13.3. The number of ketones is 2. The Kier molecular flexibility index (Phi) is 5.08. The van der Waals surface area contributed by atoms with E-state index in [1.165, 1.54) is 5.57 Å². The molecule has 0 spiro atoms. The van der Waals surface area contributed by atoms with Crippen LogP contribution in [0.25, 0.3) is 0 Å². The van der Waals surface area contributed by atoms with Gasteiger partial charge in [0.15, 0.2) is 11.6 Å². The largest absolute Gasteiger partial charge is 0.388 e. The Balaban J connectivity index is 1.67. The highest BCUT2D eigenvalue weighted by Crippen LogP contribution is 2.68. The highest BCUT2D eigenvalue weighted by molar-refractivity contribution is 5.91. The predicted molar refractivity (Wildman–Crippen MR) is 104 cm³/mol. The quantitative estimate of drug-likeness (QED) is 0.728. The number of carbonyl (C=O) groups is 2. The third-order valence-electron chi connectivity index (χ3n) is 9.10. The van der Waals surface area contributed by atoms with Crippen molar-refractivity contribution in [3.8, 4) is 0 Å². The molecule has 6 atom stereocenters. The zero-order chi connectivity index (χ0) is 20.2. The van der Waals surface area contributed by atoms with E-state index in [-0.39, 0.29) is 29.2 Å². The Morgan fingerprint density at radius 1 is 1.14 bits per heavy atom. The number of Topliss-reactive ketones (excluding diaryl/α,β-unsaturated/α-hetero) is 1. The molecule has 0 amide bonds. The second-order valence-corrected chi connectivity index (χ2v) is 9.92. The molecule has 0 aromatic rings. The van der Waals surface area contributed by atoms with Gasteiger partial charge < -0.3 is 14.6 Å². The number of carbonyl (C=O) groups excluding carboxylic acids is 2. The van der Waals surface area contributed by atoms with E-state index in [2.05, 4.69) is 13.8 Å². The first-order valence-corrected chi connectivity index (χ1v) is 10.8. The summed E-state index contributed by atoms with van der Waals surface area (Å²) in [5, 5.41) is 9.71. The Labute approximate surface area is 167 Å². The summed E-state index contributed by atoms with van der Waals surface area (Å²) in [6.07, 6.45) is 9.24. The van der Waals surface area contributed by atoms with Crippen molar-refractivity contribution < 1.29 is 24.2 Å². The number of ether oxygens (including phenoxy) is 2. The summed E-state index contributed by atoms with van der Waals surface area (Å²) < 4.78 is 11.3. The Bertz CT molecular complexity index is 699. The van der Waals surface area contributed by atoms with Crippen molar-refractivity contribution in [2.75, 3.05) is 20.5 Å². The molecule has 0 bridgehead atoms. The van der Waals surface area contributed by atoms with E-state index in [0.717, 1.165) is 38.5 Å². The molecule has 0 heterocycles. The van der Waals surface area contributed by atoms with Gasteiger partial charge in [0.25, 0.3) is 0 Å². The van der Waals surface area contributed by atoms with Gasteiger partial charge in [-0.3, -0.25) is 9.59 Å². The van der Waals surface area contributed by atoms with Gasteiger partial charge in [0.05, 0.1) is 0 Å². The van der Waals surface area contributed by atoms with E-state index >= 15 is 0 Å². The molecule has 0 unspecified atom stereocenters. The van der Waals surface area contributed by atoms with E-state index in [1.54, 1.807) is 7.11 Å². The maximum Gasteiger partial charge on any atom is 0.190 e. The fourth-order valence-electron chi connectivity index (χ4n) is 7.62. The molecule has 0 saturated heterocycles. The Hall–Kier alpha value is -1.04. The summed E-state index contributed by atoms with van der Waals surface area (Å²) in [4.78, 5) is 24.9. The minimum absolute atomic E-state index is 0.0782. The van der Waals surface area contributed by atoms with Gasteiger partial charge in [-0.1, -0.05) is 19.4 Å². The van der Waals surface area contributed by atoms with E-state index in [0.29, 0.717) is 30.6 Å². The molecule has 156 valence electrons. The SMILES string of the molecule is COCO[C@]1(C(=O)CO)CC[C@H]2[C@@H]3CCC4=CC(=O)CC[C@]4(C)[C@H]3CC[C@@]21C. The highest BCUT2D eigenvalue weighted by atomic mass is 16.7. The molecule has 0 aromatic heterocycles. The van der Waals surface area contributed by atoms with Crippen molar-refractivity contribution >= 4 is 11.6 Å². The summed E-state index contributed by atoms with van der Waals surface area (Å²) >= 11 is 0.